The van der Waals surface area contributed by atoms with Crippen molar-refractivity contribution in [1.29, 1.82) is 0 Å². The van der Waals surface area contributed by atoms with E-state index in [4.69, 9.17) is 3.87 Å². The Morgan fingerprint density at radius 2 is 1.25 bits per heavy atom. The standard InChI is InChI=1S/Co.O.Sr.Y. The fraction of sp³-hybridized carbons (Fsp3) is 0. The van der Waals surface area contributed by atoms with Gasteiger partial charge in [-0.25, -0.2) is 0 Å². The quantitative estimate of drug-likeness (QED) is 0.530. The van der Waals surface area contributed by atoms with Crippen molar-refractivity contribution in [2.75, 3.05) is 0 Å². The van der Waals surface area contributed by atoms with Crippen molar-refractivity contribution in [2.24, 2.45) is 0 Å². The minimum absolute atomic E-state index is 0. The smallest absolute Gasteiger partial charge is 0 e. The van der Waals surface area contributed by atoms with E-state index < -0.39 is 0 Å². The molecule has 0 aromatic rings. The van der Waals surface area contributed by atoms with E-state index in [0.717, 1.165) is 0 Å². The first-order valence-electron chi connectivity index (χ1n) is 0.136. The Hall–Kier alpha value is 2.89. The number of hydrogen-bond donors (Lipinski definition) is 0. The maximum absolute atomic E-state index is 7.94. The molecule has 0 fully saturated rings. The molecule has 0 unspecified atom stereocenters. The Kier molecular flexibility index (Phi) is 66.6. The summed E-state index contributed by atoms with van der Waals surface area (Å²) in [5, 5.41) is 0. The molecular weight excluding hydrogens is 251 g/mol. The van der Waals surface area contributed by atoms with E-state index in [1.54, 1.807) is 0 Å². The predicted molar refractivity (Wildman–Crippen MR) is 6.44 cm³/mol. The van der Waals surface area contributed by atoms with Gasteiger partial charge in [-0.3, -0.25) is 0 Å². The second kappa shape index (κ2) is 16.9. The fourth-order valence-electron chi connectivity index (χ4n) is 0. The average Bonchev–Trinajstić information content (AvgIpc) is 1.00. The van der Waals surface area contributed by atoms with Gasteiger partial charge in [-0.1, -0.05) is 0 Å². The molecule has 1 nitrogen and oxygen atoms in total. The summed E-state index contributed by atoms with van der Waals surface area (Å²) in [5.74, 6) is 0. The van der Waals surface area contributed by atoms with Crippen molar-refractivity contribution >= 4 is 45.5 Å². The Morgan fingerprint density at radius 3 is 1.25 bits per heavy atom. The molecule has 0 aromatic carbocycles. The molecule has 0 heterocycles. The molecule has 0 bridgehead atoms. The van der Waals surface area contributed by atoms with Crippen molar-refractivity contribution in [3.63, 3.8) is 0 Å². The van der Waals surface area contributed by atoms with Gasteiger partial charge in [0.25, 0.3) is 0 Å². The molecule has 0 saturated carbocycles. The molecule has 20 valence electrons. The topological polar surface area (TPSA) is 17.1 Å². The molecule has 4 heteroatoms. The summed E-state index contributed by atoms with van der Waals surface area (Å²) < 4.78 is 7.94. The van der Waals surface area contributed by atoms with E-state index in [-0.39, 0.29) is 78.2 Å². The van der Waals surface area contributed by atoms with Crippen molar-refractivity contribution in [1.82, 2.24) is 0 Å². The third-order valence-electron chi connectivity index (χ3n) is 0. The molecule has 0 saturated heterocycles. The summed E-state index contributed by atoms with van der Waals surface area (Å²) in [6.45, 7) is 0. The van der Waals surface area contributed by atoms with Gasteiger partial charge in [-0.15, -0.1) is 0 Å². The summed E-state index contributed by atoms with van der Waals surface area (Å²) in [5.41, 5.74) is 0. The minimum Gasteiger partial charge on any atom is 0 e. The van der Waals surface area contributed by atoms with Gasteiger partial charge in [0.05, 0.1) is 0 Å². The number of rotatable bonds is 0. The maximum atomic E-state index is 7.94. The fourth-order valence-corrected chi connectivity index (χ4v) is 0. The molecule has 3 radical (unpaired) electrons. The van der Waals surface area contributed by atoms with Crippen molar-refractivity contribution in [2.45, 2.75) is 0 Å². The van der Waals surface area contributed by atoms with Crippen LogP contribution in [-0.4, -0.2) is 45.5 Å². The van der Waals surface area contributed by atoms with Crippen LogP contribution in [0.3, 0.4) is 0 Å². The Labute approximate surface area is 95.2 Å². The molecule has 0 aromatic heterocycles. The van der Waals surface area contributed by atoms with Crippen LogP contribution in [0.15, 0.2) is 0 Å². The number of hydrogen-bond acceptors (Lipinski definition) is 1. The molecule has 0 N–H and O–H groups in total. The van der Waals surface area contributed by atoms with Crippen LogP contribution in [0, 0.1) is 0 Å². The minimum atomic E-state index is 0. The third kappa shape index (κ3) is 8.86. The van der Waals surface area contributed by atoms with Crippen LogP contribution in [0.4, 0.5) is 0 Å². The van der Waals surface area contributed by atoms with Crippen LogP contribution >= 0.6 is 0 Å². The van der Waals surface area contributed by atoms with Crippen LogP contribution in [0.2, 0.25) is 0 Å². The Bertz CT molecular complexity index is 8.00. The first-order chi connectivity index (χ1) is 1.00. The van der Waals surface area contributed by atoms with Gasteiger partial charge in [0.15, 0.2) is 0 Å². The molecule has 0 spiro atoms. The van der Waals surface area contributed by atoms with Crippen LogP contribution in [0.25, 0.3) is 0 Å². The van der Waals surface area contributed by atoms with Gasteiger partial charge in [-0.2, -0.15) is 0 Å². The molecule has 0 atom stereocenters. The molecule has 0 aliphatic carbocycles. The first kappa shape index (κ1) is 15.8. The summed E-state index contributed by atoms with van der Waals surface area (Å²) in [6, 6.07) is 0. The van der Waals surface area contributed by atoms with Gasteiger partial charge in [0, 0.05) is 78.2 Å². The van der Waals surface area contributed by atoms with Crippen LogP contribution in [0.1, 0.15) is 0 Å². The van der Waals surface area contributed by atoms with Crippen LogP contribution < -0.4 is 0 Å². The summed E-state index contributed by atoms with van der Waals surface area (Å²) in [6.07, 6.45) is 0. The van der Waals surface area contributed by atoms with Crippen molar-refractivity contribution in [3.05, 3.63) is 0 Å². The van der Waals surface area contributed by atoms with E-state index in [1.807, 2.05) is 0 Å². The van der Waals surface area contributed by atoms with Gasteiger partial charge in [0.1, 0.15) is 0 Å². The zero-order chi connectivity index (χ0) is 2.00. The van der Waals surface area contributed by atoms with E-state index >= 15 is 0 Å². The van der Waals surface area contributed by atoms with E-state index in [9.17, 15) is 0 Å². The van der Waals surface area contributed by atoms with E-state index in [2.05, 4.69) is 15.7 Å². The second-order valence-corrected chi connectivity index (χ2v) is 0. The molecule has 0 amide bonds. The van der Waals surface area contributed by atoms with E-state index in [0.29, 0.717) is 0 Å². The molecule has 4 heavy (non-hydrogen) atoms. The second-order valence-electron chi connectivity index (χ2n) is 0. The first-order valence-corrected chi connectivity index (χ1v) is 0.561. The zero-order valence-electron chi connectivity index (χ0n) is 2.03. The van der Waals surface area contributed by atoms with E-state index in [1.165, 1.54) is 0 Å². The van der Waals surface area contributed by atoms with Gasteiger partial charge in [-0.05, 0) is 0 Å². The van der Waals surface area contributed by atoms with Crippen molar-refractivity contribution in [3.8, 4) is 0 Å². The molecule has 0 aliphatic rings. The molecule has 0 rings (SSSR count). The summed E-state index contributed by atoms with van der Waals surface area (Å²) in [7, 11) is 0. The third-order valence-corrected chi connectivity index (χ3v) is 0. The van der Waals surface area contributed by atoms with Gasteiger partial charge < -0.3 is 0 Å². The zero-order valence-corrected chi connectivity index (χ0v) is 9.38. The maximum Gasteiger partial charge on any atom is 0 e. The van der Waals surface area contributed by atoms with Gasteiger partial charge in [0.2, 0.25) is 0 Å². The Balaban J connectivity index is -0.00000000500. The van der Waals surface area contributed by atoms with Crippen LogP contribution in [0.5, 0.6) is 0 Å². The molecule has 0 aliphatic heterocycles. The summed E-state index contributed by atoms with van der Waals surface area (Å²) >= 11 is 2.31. The molecular formula is CoOSrY. The largest absolute Gasteiger partial charge is 0 e. The van der Waals surface area contributed by atoms with Gasteiger partial charge >= 0.3 is 19.5 Å². The Morgan fingerprint density at radius 1 is 1.25 bits per heavy atom. The predicted octanol–water partition coefficient (Wildman–Crippen LogP) is -0.505. The summed E-state index contributed by atoms with van der Waals surface area (Å²) in [4.78, 5) is 0. The van der Waals surface area contributed by atoms with Crippen molar-refractivity contribution < 1.29 is 52.2 Å². The average molecular weight is 251 g/mol. The van der Waals surface area contributed by atoms with Crippen LogP contribution in [-0.2, 0) is 52.2 Å². The SMILES string of the molecule is [O]=[Co].[Sr].[Y]. The normalized spacial score (nSPS) is 1.25. The monoisotopic (exact) mass is 252 g/mol.